The largest absolute Gasteiger partial charge is 0.473 e. The first-order chi connectivity index (χ1) is 14.1. The lowest BCUT2D eigenvalue weighted by molar-refractivity contribution is 0.0746. The van der Waals surface area contributed by atoms with Gasteiger partial charge in [0.15, 0.2) is 17.5 Å². The van der Waals surface area contributed by atoms with Gasteiger partial charge in [-0.2, -0.15) is 0 Å². The third-order valence-electron chi connectivity index (χ3n) is 5.52. The number of carbonyl (C=O) groups is 1. The van der Waals surface area contributed by atoms with Crippen LogP contribution in [0.25, 0.3) is 0 Å². The third kappa shape index (κ3) is 4.63. The summed E-state index contributed by atoms with van der Waals surface area (Å²) in [6.45, 7) is 2.12. The van der Waals surface area contributed by atoms with E-state index in [2.05, 4.69) is 10.2 Å². The van der Waals surface area contributed by atoms with Crippen LogP contribution in [0.5, 0.6) is 5.88 Å². The second kappa shape index (κ2) is 8.71. The van der Waals surface area contributed by atoms with Gasteiger partial charge in [0.1, 0.15) is 6.10 Å². The molecule has 0 bridgehead atoms. The molecule has 2 aromatic rings. The Morgan fingerprint density at radius 2 is 1.69 bits per heavy atom. The Morgan fingerprint density at radius 3 is 2.34 bits per heavy atom. The quantitative estimate of drug-likeness (QED) is 0.784. The summed E-state index contributed by atoms with van der Waals surface area (Å²) in [7, 11) is 0. The molecule has 1 amide bonds. The zero-order valence-corrected chi connectivity index (χ0v) is 16.2. The van der Waals surface area contributed by atoms with Crippen LogP contribution in [-0.4, -0.2) is 53.3 Å². The highest BCUT2D eigenvalue weighted by Crippen LogP contribution is 2.23. The van der Waals surface area contributed by atoms with Crippen LogP contribution in [0.3, 0.4) is 0 Å². The van der Waals surface area contributed by atoms with E-state index in [9.17, 15) is 13.6 Å². The fraction of sp³-hybridized carbons (Fsp3) is 0.476. The SMILES string of the molecule is O=C(c1ccc(F)c(F)c1)N1CCN(c2ccc(OC3CCCCC3)nn2)CC1. The maximum absolute atomic E-state index is 13.4. The number of ether oxygens (including phenoxy) is 1. The van der Waals surface area contributed by atoms with Crippen LogP contribution >= 0.6 is 0 Å². The predicted molar refractivity (Wildman–Crippen MR) is 104 cm³/mol. The second-order valence-corrected chi connectivity index (χ2v) is 7.52. The van der Waals surface area contributed by atoms with E-state index in [0.29, 0.717) is 32.1 Å². The molecule has 0 N–H and O–H groups in total. The maximum Gasteiger partial charge on any atom is 0.254 e. The minimum atomic E-state index is -1.01. The Balaban J connectivity index is 1.32. The molecule has 2 heterocycles. The van der Waals surface area contributed by atoms with Crippen molar-refractivity contribution in [1.82, 2.24) is 15.1 Å². The zero-order chi connectivity index (χ0) is 20.2. The molecule has 2 fully saturated rings. The van der Waals surface area contributed by atoms with Crippen LogP contribution in [0.2, 0.25) is 0 Å². The van der Waals surface area contributed by atoms with Crippen molar-refractivity contribution >= 4 is 11.7 Å². The van der Waals surface area contributed by atoms with Gasteiger partial charge in [-0.3, -0.25) is 4.79 Å². The molecule has 2 aliphatic rings. The van der Waals surface area contributed by atoms with Crippen LogP contribution in [0.1, 0.15) is 42.5 Å². The summed E-state index contributed by atoms with van der Waals surface area (Å²) in [6, 6.07) is 6.96. The van der Waals surface area contributed by atoms with Gasteiger partial charge in [0, 0.05) is 37.8 Å². The fourth-order valence-electron chi connectivity index (χ4n) is 3.85. The molecule has 4 rings (SSSR count). The highest BCUT2D eigenvalue weighted by Gasteiger charge is 2.24. The number of nitrogens with zero attached hydrogens (tertiary/aromatic N) is 4. The van der Waals surface area contributed by atoms with Gasteiger partial charge in [-0.25, -0.2) is 8.78 Å². The molecule has 1 aliphatic heterocycles. The van der Waals surface area contributed by atoms with Crippen molar-refractivity contribution in [3.8, 4) is 5.88 Å². The van der Waals surface area contributed by atoms with Gasteiger partial charge < -0.3 is 14.5 Å². The number of hydrogen-bond donors (Lipinski definition) is 0. The van der Waals surface area contributed by atoms with Crippen LogP contribution in [-0.2, 0) is 0 Å². The molecule has 0 radical (unpaired) electrons. The number of benzene rings is 1. The maximum atomic E-state index is 13.4. The first-order valence-electron chi connectivity index (χ1n) is 10.1. The molecule has 1 aromatic heterocycles. The summed E-state index contributed by atoms with van der Waals surface area (Å²) in [5.74, 6) is -0.985. The average molecular weight is 402 g/mol. The summed E-state index contributed by atoms with van der Waals surface area (Å²) in [5, 5.41) is 8.47. The molecule has 0 spiro atoms. The first kappa shape index (κ1) is 19.5. The number of carbonyl (C=O) groups excluding carboxylic acids is 1. The van der Waals surface area contributed by atoms with Crippen LogP contribution < -0.4 is 9.64 Å². The van der Waals surface area contributed by atoms with E-state index < -0.39 is 11.6 Å². The highest BCUT2D eigenvalue weighted by molar-refractivity contribution is 5.94. The Labute approximate surface area is 168 Å². The molecule has 1 saturated carbocycles. The monoisotopic (exact) mass is 402 g/mol. The number of aromatic nitrogens is 2. The van der Waals surface area contributed by atoms with Crippen LogP contribution in [0.15, 0.2) is 30.3 Å². The van der Waals surface area contributed by atoms with Crippen molar-refractivity contribution in [2.45, 2.75) is 38.2 Å². The molecule has 1 saturated heterocycles. The minimum Gasteiger partial charge on any atom is -0.473 e. The van der Waals surface area contributed by atoms with Crippen LogP contribution in [0.4, 0.5) is 14.6 Å². The fourth-order valence-corrected chi connectivity index (χ4v) is 3.85. The van der Waals surface area contributed by atoms with E-state index in [1.165, 1.54) is 25.3 Å². The Hall–Kier alpha value is -2.77. The third-order valence-corrected chi connectivity index (χ3v) is 5.52. The van der Waals surface area contributed by atoms with Gasteiger partial charge in [0.25, 0.3) is 5.91 Å². The van der Waals surface area contributed by atoms with E-state index in [-0.39, 0.29) is 17.6 Å². The predicted octanol–water partition coefficient (Wildman–Crippen LogP) is 3.43. The van der Waals surface area contributed by atoms with Crippen molar-refractivity contribution in [1.29, 1.82) is 0 Å². The molecule has 29 heavy (non-hydrogen) atoms. The number of amides is 1. The van der Waals surface area contributed by atoms with Gasteiger partial charge in [-0.15, -0.1) is 10.2 Å². The molecule has 0 atom stereocenters. The van der Waals surface area contributed by atoms with Crippen molar-refractivity contribution in [2.75, 3.05) is 31.1 Å². The summed E-state index contributed by atoms with van der Waals surface area (Å²) in [6.07, 6.45) is 6.03. The van der Waals surface area contributed by atoms with E-state index in [1.54, 1.807) is 4.90 Å². The first-order valence-corrected chi connectivity index (χ1v) is 10.1. The lowest BCUT2D eigenvalue weighted by Crippen LogP contribution is -2.49. The molecule has 0 unspecified atom stereocenters. The highest BCUT2D eigenvalue weighted by atomic mass is 19.2. The molecular formula is C21H24F2N4O2. The van der Waals surface area contributed by atoms with Crippen LogP contribution in [0, 0.1) is 11.6 Å². The standard InChI is InChI=1S/C21H24F2N4O2/c22-17-7-6-15(14-18(17)23)21(28)27-12-10-26(11-13-27)19-8-9-20(25-24-19)29-16-4-2-1-3-5-16/h6-9,14,16H,1-5,10-13H2. The Bertz CT molecular complexity index is 848. The van der Waals surface area contributed by atoms with Gasteiger partial charge >= 0.3 is 0 Å². The van der Waals surface area contributed by atoms with Gasteiger partial charge in [-0.05, 0) is 49.9 Å². The molecular weight excluding hydrogens is 378 g/mol. The molecule has 1 aliphatic carbocycles. The number of anilines is 1. The number of halogens is 2. The smallest absolute Gasteiger partial charge is 0.254 e. The van der Waals surface area contributed by atoms with Crippen molar-refractivity contribution in [3.05, 3.63) is 47.5 Å². The lowest BCUT2D eigenvalue weighted by Gasteiger charge is -2.35. The Morgan fingerprint density at radius 1 is 0.931 bits per heavy atom. The number of rotatable bonds is 4. The average Bonchev–Trinajstić information content (AvgIpc) is 2.77. The summed E-state index contributed by atoms with van der Waals surface area (Å²) in [5.41, 5.74) is 0.154. The molecule has 1 aromatic carbocycles. The topological polar surface area (TPSA) is 58.6 Å². The van der Waals surface area contributed by atoms with Crippen molar-refractivity contribution < 1.29 is 18.3 Å². The normalized spacial score (nSPS) is 18.0. The van der Waals surface area contributed by atoms with Gasteiger partial charge in [0.2, 0.25) is 5.88 Å². The second-order valence-electron chi connectivity index (χ2n) is 7.52. The minimum absolute atomic E-state index is 0.154. The Kier molecular flexibility index (Phi) is 5.87. The van der Waals surface area contributed by atoms with E-state index in [4.69, 9.17) is 4.74 Å². The van der Waals surface area contributed by atoms with Gasteiger partial charge in [-0.1, -0.05) is 6.42 Å². The lowest BCUT2D eigenvalue weighted by atomic mass is 9.98. The number of hydrogen-bond acceptors (Lipinski definition) is 5. The van der Waals surface area contributed by atoms with Crippen molar-refractivity contribution in [2.24, 2.45) is 0 Å². The summed E-state index contributed by atoms with van der Waals surface area (Å²) < 4.78 is 32.4. The van der Waals surface area contributed by atoms with Crippen molar-refractivity contribution in [3.63, 3.8) is 0 Å². The summed E-state index contributed by atoms with van der Waals surface area (Å²) in [4.78, 5) is 16.2. The van der Waals surface area contributed by atoms with E-state index in [1.807, 2.05) is 17.0 Å². The van der Waals surface area contributed by atoms with E-state index in [0.717, 1.165) is 30.8 Å². The summed E-state index contributed by atoms with van der Waals surface area (Å²) >= 11 is 0. The molecule has 6 nitrogen and oxygen atoms in total. The van der Waals surface area contributed by atoms with E-state index >= 15 is 0 Å². The number of piperazine rings is 1. The zero-order valence-electron chi connectivity index (χ0n) is 16.2. The molecule has 8 heteroatoms. The molecule has 154 valence electrons. The van der Waals surface area contributed by atoms with Gasteiger partial charge in [0.05, 0.1) is 0 Å².